The van der Waals surface area contributed by atoms with Gasteiger partial charge in [0, 0.05) is 6.42 Å². The van der Waals surface area contributed by atoms with Gasteiger partial charge in [-0.05, 0) is 0 Å². The second-order valence-corrected chi connectivity index (χ2v) is 2.16. The zero-order chi connectivity index (χ0) is 6.91. The van der Waals surface area contributed by atoms with Crippen LogP contribution in [0, 0.1) is 0 Å². The van der Waals surface area contributed by atoms with E-state index in [1.54, 1.807) is 0 Å². The molecule has 9 heavy (non-hydrogen) atoms. The molecule has 2 atom stereocenters. The highest BCUT2D eigenvalue weighted by atomic mass is 16.7. The molecule has 0 aromatic carbocycles. The lowest BCUT2D eigenvalue weighted by Crippen LogP contribution is -2.42. The van der Waals surface area contributed by atoms with Crippen molar-refractivity contribution in [2.75, 3.05) is 13.2 Å². The van der Waals surface area contributed by atoms with Gasteiger partial charge in [0.1, 0.15) is 6.10 Å². The van der Waals surface area contributed by atoms with Crippen LogP contribution in [0.2, 0.25) is 0 Å². The first-order valence-corrected chi connectivity index (χ1v) is 2.84. The van der Waals surface area contributed by atoms with E-state index in [0.717, 1.165) is 0 Å². The molecule has 2 unspecified atom stereocenters. The van der Waals surface area contributed by atoms with Crippen molar-refractivity contribution in [3.8, 4) is 0 Å². The quantitative estimate of drug-likeness (QED) is 0.406. The van der Waals surface area contributed by atoms with Gasteiger partial charge in [-0.3, -0.25) is 0 Å². The molecule has 1 aliphatic rings. The molecule has 1 saturated heterocycles. The number of aliphatic hydroxyl groups is 3. The Labute approximate surface area is 52.7 Å². The minimum absolute atomic E-state index is 0.304. The average molecular weight is 134 g/mol. The summed E-state index contributed by atoms with van der Waals surface area (Å²) in [5, 5.41) is 26.4. The summed E-state index contributed by atoms with van der Waals surface area (Å²) in [6.07, 6.45) is -0.556. The molecule has 1 fully saturated rings. The Morgan fingerprint density at radius 3 is 2.56 bits per heavy atom. The molecule has 4 nitrogen and oxygen atoms in total. The van der Waals surface area contributed by atoms with E-state index in [4.69, 9.17) is 15.3 Å². The Balaban J connectivity index is 2.56. The number of hydrogen-bond acceptors (Lipinski definition) is 4. The minimum atomic E-state index is -1.69. The number of hydrogen-bond donors (Lipinski definition) is 3. The minimum Gasteiger partial charge on any atom is -0.391 e. The second-order valence-electron chi connectivity index (χ2n) is 2.16. The van der Waals surface area contributed by atoms with Crippen LogP contribution in [0.1, 0.15) is 6.42 Å². The molecule has 0 aromatic rings. The molecule has 1 rings (SSSR count). The first kappa shape index (κ1) is 6.95. The van der Waals surface area contributed by atoms with E-state index in [9.17, 15) is 0 Å². The van der Waals surface area contributed by atoms with Crippen LogP contribution < -0.4 is 0 Å². The molecule has 3 N–H and O–H groups in total. The van der Waals surface area contributed by atoms with Crippen molar-refractivity contribution in [2.45, 2.75) is 18.3 Å². The fourth-order valence-corrected chi connectivity index (χ4v) is 0.820. The van der Waals surface area contributed by atoms with Gasteiger partial charge in [-0.15, -0.1) is 0 Å². The Hall–Kier alpha value is -0.160. The summed E-state index contributed by atoms with van der Waals surface area (Å²) < 4.78 is 4.66. The molecule has 0 amide bonds. The first-order chi connectivity index (χ1) is 4.19. The predicted octanol–water partition coefficient (Wildman–Crippen LogP) is -1.55. The summed E-state index contributed by atoms with van der Waals surface area (Å²) in [4.78, 5) is 0. The molecule has 0 aromatic heterocycles. The van der Waals surface area contributed by atoms with Crippen LogP contribution in [0.3, 0.4) is 0 Å². The lowest BCUT2D eigenvalue weighted by atomic mass is 10.1. The zero-order valence-corrected chi connectivity index (χ0v) is 4.95. The van der Waals surface area contributed by atoms with Crippen molar-refractivity contribution >= 4 is 0 Å². The van der Waals surface area contributed by atoms with E-state index in [-0.39, 0.29) is 0 Å². The molecule has 1 heterocycles. The third kappa shape index (κ3) is 1.07. The predicted molar refractivity (Wildman–Crippen MR) is 28.6 cm³/mol. The van der Waals surface area contributed by atoms with Crippen molar-refractivity contribution in [1.82, 2.24) is 0 Å². The highest BCUT2D eigenvalue weighted by molar-refractivity contribution is 4.81. The molecule has 0 bridgehead atoms. The van der Waals surface area contributed by atoms with Crippen LogP contribution in [0.25, 0.3) is 0 Å². The van der Waals surface area contributed by atoms with Crippen LogP contribution in [0.15, 0.2) is 0 Å². The molecular weight excluding hydrogens is 124 g/mol. The summed E-state index contributed by atoms with van der Waals surface area (Å²) in [7, 11) is 0. The van der Waals surface area contributed by atoms with Crippen molar-refractivity contribution in [3.05, 3.63) is 0 Å². The number of aliphatic hydroxyl groups excluding tert-OH is 2. The molecule has 0 saturated carbocycles. The molecule has 0 radical (unpaired) electrons. The molecule has 1 aliphatic heterocycles. The Kier molecular flexibility index (Phi) is 1.72. The Bertz CT molecular complexity index is 105. The van der Waals surface area contributed by atoms with Gasteiger partial charge in [0.15, 0.2) is 0 Å². The van der Waals surface area contributed by atoms with E-state index in [0.29, 0.717) is 13.0 Å². The van der Waals surface area contributed by atoms with Gasteiger partial charge in [-0.25, -0.2) is 0 Å². The molecule has 0 aliphatic carbocycles. The molecule has 4 heteroatoms. The summed E-state index contributed by atoms with van der Waals surface area (Å²) >= 11 is 0. The SMILES string of the molecule is OCC1(O)OCCC1O. The van der Waals surface area contributed by atoms with Gasteiger partial charge in [-0.1, -0.05) is 0 Å². The van der Waals surface area contributed by atoms with Crippen LogP contribution in [-0.4, -0.2) is 40.4 Å². The van der Waals surface area contributed by atoms with Crippen molar-refractivity contribution in [3.63, 3.8) is 0 Å². The summed E-state index contributed by atoms with van der Waals surface area (Å²) in [6, 6.07) is 0. The Morgan fingerprint density at radius 1 is 1.67 bits per heavy atom. The lowest BCUT2D eigenvalue weighted by Gasteiger charge is -2.21. The maximum absolute atomic E-state index is 9.05. The summed E-state index contributed by atoms with van der Waals surface area (Å²) in [6.45, 7) is -0.244. The third-order valence-electron chi connectivity index (χ3n) is 1.49. The normalized spacial score (nSPS) is 43.7. The van der Waals surface area contributed by atoms with Gasteiger partial charge in [-0.2, -0.15) is 0 Å². The number of rotatable bonds is 1. The third-order valence-corrected chi connectivity index (χ3v) is 1.49. The monoisotopic (exact) mass is 134 g/mol. The summed E-state index contributed by atoms with van der Waals surface area (Å²) in [5.74, 6) is -1.69. The maximum Gasteiger partial charge on any atom is 0.216 e. The van der Waals surface area contributed by atoms with Crippen molar-refractivity contribution < 1.29 is 20.1 Å². The van der Waals surface area contributed by atoms with Crippen molar-refractivity contribution in [1.29, 1.82) is 0 Å². The van der Waals surface area contributed by atoms with Crippen LogP contribution in [-0.2, 0) is 4.74 Å². The topological polar surface area (TPSA) is 69.9 Å². The van der Waals surface area contributed by atoms with E-state index in [1.807, 2.05) is 0 Å². The van der Waals surface area contributed by atoms with E-state index in [1.165, 1.54) is 0 Å². The molecule has 54 valence electrons. The highest BCUT2D eigenvalue weighted by Gasteiger charge is 2.40. The first-order valence-electron chi connectivity index (χ1n) is 2.84. The van der Waals surface area contributed by atoms with E-state index in [2.05, 4.69) is 4.74 Å². The molecule has 0 spiro atoms. The smallest absolute Gasteiger partial charge is 0.216 e. The van der Waals surface area contributed by atoms with Crippen molar-refractivity contribution in [2.24, 2.45) is 0 Å². The fraction of sp³-hybridized carbons (Fsp3) is 1.00. The second kappa shape index (κ2) is 2.22. The summed E-state index contributed by atoms with van der Waals surface area (Å²) in [5.41, 5.74) is 0. The fourth-order valence-electron chi connectivity index (χ4n) is 0.820. The average Bonchev–Trinajstić information content (AvgIpc) is 2.15. The van der Waals surface area contributed by atoms with E-state index < -0.39 is 18.5 Å². The van der Waals surface area contributed by atoms with Gasteiger partial charge in [0.05, 0.1) is 13.2 Å². The highest BCUT2D eigenvalue weighted by Crippen LogP contribution is 2.21. The van der Waals surface area contributed by atoms with Gasteiger partial charge < -0.3 is 20.1 Å². The van der Waals surface area contributed by atoms with Gasteiger partial charge in [0.2, 0.25) is 5.79 Å². The van der Waals surface area contributed by atoms with Crippen LogP contribution in [0.5, 0.6) is 0 Å². The van der Waals surface area contributed by atoms with Gasteiger partial charge >= 0.3 is 0 Å². The number of ether oxygens (including phenoxy) is 1. The molecular formula is C5H10O4. The van der Waals surface area contributed by atoms with Gasteiger partial charge in [0.25, 0.3) is 0 Å². The van der Waals surface area contributed by atoms with Crippen LogP contribution >= 0.6 is 0 Å². The van der Waals surface area contributed by atoms with E-state index >= 15 is 0 Å². The Morgan fingerprint density at radius 2 is 2.33 bits per heavy atom. The lowest BCUT2D eigenvalue weighted by molar-refractivity contribution is -0.232. The maximum atomic E-state index is 9.05. The largest absolute Gasteiger partial charge is 0.391 e. The zero-order valence-electron chi connectivity index (χ0n) is 4.95. The van der Waals surface area contributed by atoms with Crippen LogP contribution in [0.4, 0.5) is 0 Å². The standard InChI is InChI=1S/C5H10O4/c6-3-5(8)4(7)1-2-9-5/h4,6-8H,1-3H2.